The van der Waals surface area contributed by atoms with Crippen molar-refractivity contribution in [2.24, 2.45) is 17.3 Å². The Bertz CT molecular complexity index is 298. The van der Waals surface area contributed by atoms with Crippen LogP contribution in [0.4, 0.5) is 0 Å². The second-order valence-electron chi connectivity index (χ2n) is 5.97. The van der Waals surface area contributed by atoms with Crippen molar-refractivity contribution in [3.05, 3.63) is 0 Å². The summed E-state index contributed by atoms with van der Waals surface area (Å²) in [6.45, 7) is 8.73. The topological polar surface area (TPSA) is 17.1 Å². The predicted molar refractivity (Wildman–Crippen MR) is 68.0 cm³/mol. The fourth-order valence-electron chi connectivity index (χ4n) is 2.55. The van der Waals surface area contributed by atoms with Gasteiger partial charge in [0.25, 0.3) is 0 Å². The number of Topliss-reactive ketones (excluding diaryl/α,β-unsaturated/α-hetero) is 1. The highest BCUT2D eigenvalue weighted by atomic mass is 16.1. The molecule has 0 aromatic heterocycles. The molecule has 1 rings (SSSR count). The Balaban J connectivity index is 2.54. The van der Waals surface area contributed by atoms with E-state index in [1.54, 1.807) is 0 Å². The minimum absolute atomic E-state index is 0.277. The van der Waals surface area contributed by atoms with Gasteiger partial charge < -0.3 is 0 Å². The van der Waals surface area contributed by atoms with Crippen molar-refractivity contribution in [3.8, 4) is 11.8 Å². The molecule has 1 aliphatic rings. The van der Waals surface area contributed by atoms with Crippen molar-refractivity contribution in [2.75, 3.05) is 0 Å². The van der Waals surface area contributed by atoms with Gasteiger partial charge in [-0.1, -0.05) is 20.8 Å². The molecule has 90 valence electrons. The molecule has 1 fully saturated rings. The molecule has 1 heteroatoms. The summed E-state index contributed by atoms with van der Waals surface area (Å²) >= 11 is 0. The van der Waals surface area contributed by atoms with E-state index in [1.165, 1.54) is 0 Å². The van der Waals surface area contributed by atoms with Crippen LogP contribution in [0, 0.1) is 29.1 Å². The Labute approximate surface area is 100 Å². The van der Waals surface area contributed by atoms with Crippen LogP contribution in [0.5, 0.6) is 0 Å². The Morgan fingerprint density at radius 2 is 2.06 bits per heavy atom. The molecular weight excluding hydrogens is 196 g/mol. The third-order valence-electron chi connectivity index (χ3n) is 3.78. The molecule has 0 N–H and O–H groups in total. The first kappa shape index (κ1) is 13.3. The van der Waals surface area contributed by atoms with Gasteiger partial charge in [0.15, 0.2) is 0 Å². The van der Waals surface area contributed by atoms with E-state index >= 15 is 0 Å². The number of hydrogen-bond acceptors (Lipinski definition) is 1. The minimum Gasteiger partial charge on any atom is -0.299 e. The smallest absolute Gasteiger partial charge is 0.136 e. The van der Waals surface area contributed by atoms with Crippen molar-refractivity contribution in [1.82, 2.24) is 0 Å². The molecule has 16 heavy (non-hydrogen) atoms. The second-order valence-corrected chi connectivity index (χ2v) is 5.97. The highest BCUT2D eigenvalue weighted by Gasteiger charge is 2.34. The average Bonchev–Trinajstić information content (AvgIpc) is 2.19. The molecule has 1 nitrogen and oxygen atoms in total. The van der Waals surface area contributed by atoms with Gasteiger partial charge in [-0.2, -0.15) is 0 Å². The lowest BCUT2D eigenvalue weighted by atomic mass is 9.68. The average molecular weight is 220 g/mol. The van der Waals surface area contributed by atoms with Crippen molar-refractivity contribution >= 4 is 5.78 Å². The van der Waals surface area contributed by atoms with Crippen LogP contribution in [0.15, 0.2) is 0 Å². The molecule has 1 aliphatic carbocycles. The number of rotatable bonds is 2. The van der Waals surface area contributed by atoms with E-state index in [1.807, 2.05) is 6.92 Å². The van der Waals surface area contributed by atoms with Crippen LogP contribution in [0.25, 0.3) is 0 Å². The van der Waals surface area contributed by atoms with Crippen molar-refractivity contribution in [1.29, 1.82) is 0 Å². The lowest BCUT2D eigenvalue weighted by molar-refractivity contribution is -0.126. The van der Waals surface area contributed by atoms with Crippen LogP contribution in [0.3, 0.4) is 0 Å². The second kappa shape index (κ2) is 5.53. The first-order valence-corrected chi connectivity index (χ1v) is 6.37. The molecule has 0 amide bonds. The first-order chi connectivity index (χ1) is 7.45. The number of carbonyl (C=O) groups is 1. The summed E-state index contributed by atoms with van der Waals surface area (Å²) in [5.74, 6) is 7.42. The van der Waals surface area contributed by atoms with Crippen LogP contribution in [0.1, 0.15) is 59.8 Å². The molecule has 0 spiro atoms. The van der Waals surface area contributed by atoms with E-state index in [4.69, 9.17) is 0 Å². The molecule has 0 aromatic carbocycles. The summed E-state index contributed by atoms with van der Waals surface area (Å²) < 4.78 is 0. The van der Waals surface area contributed by atoms with E-state index in [-0.39, 0.29) is 5.92 Å². The maximum atomic E-state index is 11.8. The monoisotopic (exact) mass is 220 g/mol. The summed E-state index contributed by atoms with van der Waals surface area (Å²) in [7, 11) is 0. The number of hydrogen-bond donors (Lipinski definition) is 0. The van der Waals surface area contributed by atoms with Gasteiger partial charge in [0, 0.05) is 18.8 Å². The highest BCUT2D eigenvalue weighted by molar-refractivity contribution is 5.81. The normalized spacial score (nSPS) is 26.1. The van der Waals surface area contributed by atoms with E-state index in [9.17, 15) is 4.79 Å². The van der Waals surface area contributed by atoms with Crippen molar-refractivity contribution in [3.63, 3.8) is 0 Å². The first-order valence-electron chi connectivity index (χ1n) is 6.37. The van der Waals surface area contributed by atoms with E-state index in [0.717, 1.165) is 32.1 Å². The van der Waals surface area contributed by atoms with Crippen LogP contribution in [0.2, 0.25) is 0 Å². The fourth-order valence-corrected chi connectivity index (χ4v) is 2.55. The summed E-state index contributed by atoms with van der Waals surface area (Å²) in [6.07, 6.45) is 4.79. The third-order valence-corrected chi connectivity index (χ3v) is 3.78. The Kier molecular flexibility index (Phi) is 4.59. The van der Waals surface area contributed by atoms with Crippen molar-refractivity contribution in [2.45, 2.75) is 59.8 Å². The lowest BCUT2D eigenvalue weighted by Crippen LogP contribution is -2.32. The summed E-state index contributed by atoms with van der Waals surface area (Å²) in [5.41, 5.74) is 0.343. The van der Waals surface area contributed by atoms with Crippen LogP contribution >= 0.6 is 0 Å². The number of carbonyl (C=O) groups excluding carboxylic acids is 1. The Morgan fingerprint density at radius 1 is 1.38 bits per heavy atom. The van der Waals surface area contributed by atoms with Crippen LogP contribution in [-0.2, 0) is 4.79 Å². The molecule has 0 bridgehead atoms. The van der Waals surface area contributed by atoms with Crippen molar-refractivity contribution < 1.29 is 4.79 Å². The zero-order chi connectivity index (χ0) is 12.2. The van der Waals surface area contributed by atoms with Gasteiger partial charge in [0.05, 0.1) is 0 Å². The largest absolute Gasteiger partial charge is 0.299 e. The third kappa shape index (κ3) is 3.67. The maximum Gasteiger partial charge on any atom is 0.136 e. The number of ketones is 1. The van der Waals surface area contributed by atoms with Crippen LogP contribution < -0.4 is 0 Å². The Morgan fingerprint density at radius 3 is 2.62 bits per heavy atom. The predicted octanol–water partition coefficient (Wildman–Crippen LogP) is 3.82. The molecule has 2 atom stereocenters. The molecule has 0 radical (unpaired) electrons. The SMILES string of the molecule is CC#CCCC1CC(C(C)(C)C)CCC1=O. The lowest BCUT2D eigenvalue weighted by Gasteiger charge is -2.36. The van der Waals surface area contributed by atoms with Gasteiger partial charge in [-0.15, -0.1) is 11.8 Å². The summed E-state index contributed by atoms with van der Waals surface area (Å²) in [4.78, 5) is 11.8. The quantitative estimate of drug-likeness (QED) is 0.646. The molecule has 0 saturated heterocycles. The summed E-state index contributed by atoms with van der Waals surface area (Å²) in [5, 5.41) is 0. The molecule has 1 saturated carbocycles. The van der Waals surface area contributed by atoms with Gasteiger partial charge >= 0.3 is 0 Å². The van der Waals surface area contributed by atoms with E-state index in [2.05, 4.69) is 32.6 Å². The molecular formula is C15H24O. The van der Waals surface area contributed by atoms with Gasteiger partial charge in [0.1, 0.15) is 5.78 Å². The molecule has 0 aliphatic heterocycles. The highest BCUT2D eigenvalue weighted by Crippen LogP contribution is 2.40. The summed E-state index contributed by atoms with van der Waals surface area (Å²) in [6, 6.07) is 0. The minimum atomic E-state index is 0.277. The standard InChI is InChI=1S/C15H24O/c1-5-6-7-8-12-11-13(15(2,3)4)9-10-14(12)16/h12-13H,7-11H2,1-4H3. The van der Waals surface area contributed by atoms with E-state index < -0.39 is 0 Å². The molecule has 2 unspecified atom stereocenters. The Hall–Kier alpha value is -0.770. The zero-order valence-electron chi connectivity index (χ0n) is 11.1. The van der Waals surface area contributed by atoms with Gasteiger partial charge in [-0.25, -0.2) is 0 Å². The van der Waals surface area contributed by atoms with Crippen LogP contribution in [-0.4, -0.2) is 5.78 Å². The van der Waals surface area contributed by atoms with Gasteiger partial charge in [0.2, 0.25) is 0 Å². The fraction of sp³-hybridized carbons (Fsp3) is 0.800. The van der Waals surface area contributed by atoms with Gasteiger partial charge in [-0.3, -0.25) is 4.79 Å². The molecule has 0 heterocycles. The maximum absolute atomic E-state index is 11.8. The molecule has 0 aromatic rings. The van der Waals surface area contributed by atoms with Gasteiger partial charge in [-0.05, 0) is 37.5 Å². The zero-order valence-corrected chi connectivity index (χ0v) is 11.1. The van der Waals surface area contributed by atoms with E-state index in [0.29, 0.717) is 17.1 Å².